The average molecular weight is 311 g/mol. The molecule has 2 aromatic rings. The van der Waals surface area contributed by atoms with E-state index in [0.717, 1.165) is 0 Å². The summed E-state index contributed by atoms with van der Waals surface area (Å²) in [7, 11) is 0. The maximum absolute atomic E-state index is 13.6. The molecular weight excluding hydrogens is 298 g/mol. The van der Waals surface area contributed by atoms with Crippen LogP contribution in [0.2, 0.25) is 5.02 Å². The number of halogens is 3. The van der Waals surface area contributed by atoms with E-state index in [9.17, 15) is 18.7 Å². The molecule has 2 rings (SSSR count). The molecule has 1 unspecified atom stereocenters. The average Bonchev–Trinajstić information content (AvgIpc) is 2.44. The summed E-state index contributed by atoms with van der Waals surface area (Å²) in [6, 6.07) is 10.2. The second kappa shape index (κ2) is 6.68. The van der Waals surface area contributed by atoms with Crippen molar-refractivity contribution in [1.82, 2.24) is 0 Å². The number of carboxylic acid groups (broad SMARTS) is 1. The molecular formula is C16H13ClF2O2. The lowest BCUT2D eigenvalue weighted by molar-refractivity contribution is -0.141. The molecule has 0 spiro atoms. The van der Waals surface area contributed by atoms with Gasteiger partial charge in [0.05, 0.1) is 10.9 Å². The van der Waals surface area contributed by atoms with Gasteiger partial charge in [0.25, 0.3) is 0 Å². The largest absolute Gasteiger partial charge is 0.481 e. The molecule has 0 amide bonds. The fraction of sp³-hybridized carbons (Fsp3) is 0.188. The normalized spacial score (nSPS) is 12.1. The molecule has 110 valence electrons. The van der Waals surface area contributed by atoms with Gasteiger partial charge in [-0.3, -0.25) is 4.79 Å². The van der Waals surface area contributed by atoms with E-state index < -0.39 is 23.5 Å². The number of rotatable bonds is 5. The second-order valence-electron chi connectivity index (χ2n) is 4.78. The lowest BCUT2D eigenvalue weighted by Gasteiger charge is -2.13. The summed E-state index contributed by atoms with van der Waals surface area (Å²) in [5.41, 5.74) is 0.847. The highest BCUT2D eigenvalue weighted by Gasteiger charge is 2.20. The van der Waals surface area contributed by atoms with Crippen LogP contribution in [-0.4, -0.2) is 11.1 Å². The summed E-state index contributed by atoms with van der Waals surface area (Å²) in [5, 5.41) is 9.25. The predicted molar refractivity (Wildman–Crippen MR) is 76.3 cm³/mol. The van der Waals surface area contributed by atoms with Gasteiger partial charge < -0.3 is 5.11 Å². The highest BCUT2D eigenvalue weighted by atomic mass is 35.5. The molecule has 0 heterocycles. The molecule has 0 fully saturated rings. The van der Waals surface area contributed by atoms with Crippen LogP contribution in [0.5, 0.6) is 0 Å². The molecule has 1 atom stereocenters. The number of hydrogen-bond donors (Lipinski definition) is 1. The smallest absolute Gasteiger partial charge is 0.307 e. The summed E-state index contributed by atoms with van der Waals surface area (Å²) >= 11 is 5.59. The van der Waals surface area contributed by atoms with Crippen LogP contribution < -0.4 is 0 Å². The van der Waals surface area contributed by atoms with Crippen LogP contribution in [0.1, 0.15) is 11.1 Å². The van der Waals surface area contributed by atoms with E-state index in [0.29, 0.717) is 11.1 Å². The molecule has 2 nitrogen and oxygen atoms in total. The van der Waals surface area contributed by atoms with Gasteiger partial charge in [-0.25, -0.2) is 8.78 Å². The summed E-state index contributed by atoms with van der Waals surface area (Å²) in [6.07, 6.45) is 0.157. The van der Waals surface area contributed by atoms with Crippen molar-refractivity contribution in [2.45, 2.75) is 12.8 Å². The molecule has 0 aliphatic heterocycles. The third kappa shape index (κ3) is 4.02. The summed E-state index contributed by atoms with van der Waals surface area (Å²) < 4.78 is 27.0. The van der Waals surface area contributed by atoms with Crippen LogP contribution in [0.3, 0.4) is 0 Å². The van der Waals surface area contributed by atoms with Crippen molar-refractivity contribution in [3.63, 3.8) is 0 Å². The van der Waals surface area contributed by atoms with Crippen LogP contribution in [0.15, 0.2) is 42.5 Å². The van der Waals surface area contributed by atoms with Gasteiger partial charge in [0.1, 0.15) is 11.6 Å². The maximum atomic E-state index is 13.6. The standard InChI is InChI=1S/C16H13ClF2O2/c17-13-6-5-10(8-15(13)19)7-12(16(20)21)9-11-3-1-2-4-14(11)18/h1-6,8,12H,7,9H2,(H,20,21). The summed E-state index contributed by atoms with van der Waals surface area (Å²) in [5.74, 6) is -2.91. The zero-order valence-corrected chi connectivity index (χ0v) is 11.8. The SMILES string of the molecule is O=C(O)C(Cc1ccc(Cl)c(F)c1)Cc1ccccc1F. The fourth-order valence-electron chi connectivity index (χ4n) is 2.13. The van der Waals surface area contributed by atoms with E-state index in [2.05, 4.69) is 0 Å². The van der Waals surface area contributed by atoms with Crippen LogP contribution in [0.4, 0.5) is 8.78 Å². The minimum Gasteiger partial charge on any atom is -0.481 e. The topological polar surface area (TPSA) is 37.3 Å². The monoisotopic (exact) mass is 310 g/mol. The van der Waals surface area contributed by atoms with Crippen LogP contribution >= 0.6 is 11.6 Å². The van der Waals surface area contributed by atoms with Crippen molar-refractivity contribution in [3.8, 4) is 0 Å². The fourth-order valence-corrected chi connectivity index (χ4v) is 2.24. The van der Waals surface area contributed by atoms with Gasteiger partial charge in [-0.15, -0.1) is 0 Å². The lowest BCUT2D eigenvalue weighted by atomic mass is 9.92. The van der Waals surface area contributed by atoms with E-state index in [1.54, 1.807) is 24.3 Å². The number of benzene rings is 2. The first kappa shape index (κ1) is 15.4. The second-order valence-corrected chi connectivity index (χ2v) is 5.19. The van der Waals surface area contributed by atoms with Crippen molar-refractivity contribution in [2.24, 2.45) is 5.92 Å². The Morgan fingerprint density at radius 2 is 1.81 bits per heavy atom. The zero-order chi connectivity index (χ0) is 15.4. The molecule has 5 heteroatoms. The van der Waals surface area contributed by atoms with Crippen molar-refractivity contribution in [3.05, 3.63) is 70.2 Å². The number of aliphatic carboxylic acids is 1. The zero-order valence-electron chi connectivity index (χ0n) is 11.0. The van der Waals surface area contributed by atoms with Gasteiger partial charge >= 0.3 is 5.97 Å². The van der Waals surface area contributed by atoms with E-state index in [-0.39, 0.29) is 17.9 Å². The molecule has 0 aliphatic rings. The highest BCUT2D eigenvalue weighted by molar-refractivity contribution is 6.30. The van der Waals surface area contributed by atoms with Gasteiger partial charge in [-0.05, 0) is 42.2 Å². The Morgan fingerprint density at radius 1 is 1.10 bits per heavy atom. The molecule has 0 aliphatic carbocycles. The Balaban J connectivity index is 2.18. The van der Waals surface area contributed by atoms with Crippen LogP contribution in [0.25, 0.3) is 0 Å². The van der Waals surface area contributed by atoms with Crippen molar-refractivity contribution < 1.29 is 18.7 Å². The van der Waals surface area contributed by atoms with Crippen molar-refractivity contribution in [2.75, 3.05) is 0 Å². The first-order valence-corrected chi connectivity index (χ1v) is 6.75. The first-order chi connectivity index (χ1) is 9.97. The lowest BCUT2D eigenvalue weighted by Crippen LogP contribution is -2.19. The minimum absolute atomic E-state index is 0.0141. The van der Waals surface area contributed by atoms with Crippen molar-refractivity contribution in [1.29, 1.82) is 0 Å². The predicted octanol–water partition coefficient (Wildman–Crippen LogP) is 4.10. The number of carboxylic acids is 1. The van der Waals surface area contributed by atoms with E-state index in [4.69, 9.17) is 11.6 Å². The molecule has 0 radical (unpaired) electrons. The third-order valence-corrected chi connectivity index (χ3v) is 3.55. The Morgan fingerprint density at radius 3 is 2.43 bits per heavy atom. The van der Waals surface area contributed by atoms with Gasteiger partial charge in [0, 0.05) is 0 Å². The Labute approximate surface area is 126 Å². The number of carbonyl (C=O) groups is 1. The summed E-state index contributed by atoms with van der Waals surface area (Å²) in [4.78, 5) is 11.3. The third-order valence-electron chi connectivity index (χ3n) is 3.24. The van der Waals surface area contributed by atoms with Gasteiger partial charge in [-0.1, -0.05) is 35.9 Å². The Hall–Kier alpha value is -1.94. The molecule has 2 aromatic carbocycles. The Bertz CT molecular complexity index is 658. The van der Waals surface area contributed by atoms with Crippen molar-refractivity contribution >= 4 is 17.6 Å². The molecule has 0 aromatic heterocycles. The molecule has 0 saturated carbocycles. The van der Waals surface area contributed by atoms with E-state index >= 15 is 0 Å². The van der Waals surface area contributed by atoms with Crippen LogP contribution in [0, 0.1) is 17.6 Å². The van der Waals surface area contributed by atoms with Gasteiger partial charge in [0.2, 0.25) is 0 Å². The Kier molecular flexibility index (Phi) is 4.91. The summed E-state index contributed by atoms with van der Waals surface area (Å²) in [6.45, 7) is 0. The number of hydrogen-bond acceptors (Lipinski definition) is 1. The molecule has 0 saturated heterocycles. The van der Waals surface area contributed by atoms with Gasteiger partial charge in [0.15, 0.2) is 0 Å². The maximum Gasteiger partial charge on any atom is 0.307 e. The van der Waals surface area contributed by atoms with E-state index in [1.165, 1.54) is 18.2 Å². The highest BCUT2D eigenvalue weighted by Crippen LogP contribution is 2.21. The molecule has 0 bridgehead atoms. The quantitative estimate of drug-likeness (QED) is 0.902. The molecule has 21 heavy (non-hydrogen) atoms. The first-order valence-electron chi connectivity index (χ1n) is 6.37. The van der Waals surface area contributed by atoms with Gasteiger partial charge in [-0.2, -0.15) is 0 Å². The van der Waals surface area contributed by atoms with Crippen LogP contribution in [-0.2, 0) is 17.6 Å². The minimum atomic E-state index is -1.05. The van der Waals surface area contributed by atoms with E-state index in [1.807, 2.05) is 0 Å². The molecule has 1 N–H and O–H groups in total.